The molecule has 0 aliphatic heterocycles. The van der Waals surface area contributed by atoms with E-state index in [1.165, 1.54) is 6.07 Å². The highest BCUT2D eigenvalue weighted by Gasteiger charge is 2.05. The van der Waals surface area contributed by atoms with Gasteiger partial charge in [0.25, 0.3) is 0 Å². The van der Waals surface area contributed by atoms with Crippen LogP contribution in [0.4, 0.5) is 10.1 Å². The van der Waals surface area contributed by atoms with Gasteiger partial charge in [-0.2, -0.15) is 5.26 Å². The Bertz CT molecular complexity index is 647. The summed E-state index contributed by atoms with van der Waals surface area (Å²) in [6, 6.07) is 12.0. The Kier molecular flexibility index (Phi) is 4.03. The van der Waals surface area contributed by atoms with E-state index in [4.69, 9.17) is 16.9 Å². The minimum atomic E-state index is -0.296. The van der Waals surface area contributed by atoms with Crippen molar-refractivity contribution in [3.8, 4) is 6.07 Å². The summed E-state index contributed by atoms with van der Waals surface area (Å²) in [6.07, 6.45) is 0. The molecule has 2 aromatic carbocycles. The monoisotopic (exact) mass is 274 g/mol. The molecule has 4 heteroatoms. The van der Waals surface area contributed by atoms with Gasteiger partial charge in [0.05, 0.1) is 17.3 Å². The van der Waals surface area contributed by atoms with Crippen molar-refractivity contribution >= 4 is 17.3 Å². The quantitative estimate of drug-likeness (QED) is 0.907. The highest BCUT2D eigenvalue weighted by molar-refractivity contribution is 6.31. The van der Waals surface area contributed by atoms with E-state index in [1.54, 1.807) is 30.3 Å². The van der Waals surface area contributed by atoms with Crippen LogP contribution in [0.15, 0.2) is 36.4 Å². The zero-order valence-electron chi connectivity index (χ0n) is 10.4. The van der Waals surface area contributed by atoms with Crippen LogP contribution in [0.3, 0.4) is 0 Å². The number of nitrogens with zero attached hydrogens (tertiary/aromatic N) is 1. The number of halogens is 2. The van der Waals surface area contributed by atoms with Gasteiger partial charge in [-0.05, 0) is 42.3 Å². The van der Waals surface area contributed by atoms with Gasteiger partial charge in [-0.1, -0.05) is 23.7 Å². The van der Waals surface area contributed by atoms with Crippen molar-refractivity contribution in [3.05, 3.63) is 63.9 Å². The summed E-state index contributed by atoms with van der Waals surface area (Å²) >= 11 is 6.06. The average molecular weight is 275 g/mol. The van der Waals surface area contributed by atoms with E-state index < -0.39 is 0 Å². The summed E-state index contributed by atoms with van der Waals surface area (Å²) in [5, 5.41) is 12.3. The first-order valence-corrected chi connectivity index (χ1v) is 6.16. The van der Waals surface area contributed by atoms with Crippen molar-refractivity contribution in [2.24, 2.45) is 0 Å². The minimum absolute atomic E-state index is 0.296. The van der Waals surface area contributed by atoms with E-state index in [9.17, 15) is 4.39 Å². The zero-order valence-corrected chi connectivity index (χ0v) is 11.1. The van der Waals surface area contributed by atoms with Gasteiger partial charge >= 0.3 is 0 Å². The Hall–Kier alpha value is -2.05. The van der Waals surface area contributed by atoms with E-state index in [0.717, 1.165) is 11.1 Å². The van der Waals surface area contributed by atoms with Crippen LogP contribution in [0.5, 0.6) is 0 Å². The molecule has 0 aliphatic carbocycles. The van der Waals surface area contributed by atoms with E-state index in [2.05, 4.69) is 5.32 Å². The summed E-state index contributed by atoms with van der Waals surface area (Å²) in [5.74, 6) is -0.296. The Morgan fingerprint density at radius 2 is 2.05 bits per heavy atom. The lowest BCUT2D eigenvalue weighted by Crippen LogP contribution is -2.02. The molecule has 0 bridgehead atoms. The third kappa shape index (κ3) is 3.24. The summed E-state index contributed by atoms with van der Waals surface area (Å²) in [7, 11) is 0. The lowest BCUT2D eigenvalue weighted by Gasteiger charge is -2.10. The highest BCUT2D eigenvalue weighted by atomic mass is 35.5. The van der Waals surface area contributed by atoms with Gasteiger partial charge in [0, 0.05) is 11.6 Å². The molecule has 0 saturated carbocycles. The molecule has 2 aromatic rings. The standard InChI is InChI=1S/C15H12ClFN2/c1-10-2-5-14(17)15(6-10)19-9-12-4-3-11(8-18)7-13(12)16/h2-7,19H,9H2,1H3. The smallest absolute Gasteiger partial charge is 0.146 e. The molecule has 19 heavy (non-hydrogen) atoms. The number of aryl methyl sites for hydroxylation is 1. The van der Waals surface area contributed by atoms with Crippen LogP contribution in [0.1, 0.15) is 16.7 Å². The Labute approximate surface area is 116 Å². The summed E-state index contributed by atoms with van der Waals surface area (Å²) in [4.78, 5) is 0. The van der Waals surface area contributed by atoms with E-state index in [-0.39, 0.29) is 5.82 Å². The molecule has 0 fully saturated rings. The van der Waals surface area contributed by atoms with Gasteiger partial charge in [-0.3, -0.25) is 0 Å². The summed E-state index contributed by atoms with van der Waals surface area (Å²) in [6.45, 7) is 2.31. The molecule has 0 saturated heterocycles. The van der Waals surface area contributed by atoms with Crippen LogP contribution in [0.2, 0.25) is 5.02 Å². The average Bonchev–Trinajstić information content (AvgIpc) is 2.40. The first kappa shape index (κ1) is 13.4. The lowest BCUT2D eigenvalue weighted by atomic mass is 10.1. The first-order valence-electron chi connectivity index (χ1n) is 5.78. The van der Waals surface area contributed by atoms with Crippen molar-refractivity contribution in [3.63, 3.8) is 0 Å². The molecule has 0 heterocycles. The van der Waals surface area contributed by atoms with Crippen molar-refractivity contribution in [1.82, 2.24) is 0 Å². The van der Waals surface area contributed by atoms with Crippen LogP contribution >= 0.6 is 11.6 Å². The fourth-order valence-corrected chi connectivity index (χ4v) is 1.97. The molecule has 1 N–H and O–H groups in total. The van der Waals surface area contributed by atoms with Gasteiger partial charge in [-0.15, -0.1) is 0 Å². The van der Waals surface area contributed by atoms with Gasteiger partial charge in [0.15, 0.2) is 0 Å². The number of anilines is 1. The predicted octanol–water partition coefficient (Wildman–Crippen LogP) is 4.27. The first-order chi connectivity index (χ1) is 9.10. The highest BCUT2D eigenvalue weighted by Crippen LogP contribution is 2.21. The minimum Gasteiger partial charge on any atom is -0.379 e. The molecular formula is C15H12ClFN2. The molecule has 0 aromatic heterocycles. The lowest BCUT2D eigenvalue weighted by molar-refractivity contribution is 0.629. The second kappa shape index (κ2) is 5.73. The van der Waals surface area contributed by atoms with E-state index in [0.29, 0.717) is 22.8 Å². The normalized spacial score (nSPS) is 10.0. The van der Waals surface area contributed by atoms with Crippen LogP contribution in [-0.4, -0.2) is 0 Å². The molecule has 0 radical (unpaired) electrons. The molecule has 0 atom stereocenters. The maximum atomic E-state index is 13.6. The number of rotatable bonds is 3. The van der Waals surface area contributed by atoms with Crippen molar-refractivity contribution < 1.29 is 4.39 Å². The van der Waals surface area contributed by atoms with Crippen molar-refractivity contribution in [2.45, 2.75) is 13.5 Å². The number of hydrogen-bond donors (Lipinski definition) is 1. The third-order valence-corrected chi connectivity index (χ3v) is 3.13. The second-order valence-corrected chi connectivity index (χ2v) is 4.66. The molecular weight excluding hydrogens is 263 g/mol. The van der Waals surface area contributed by atoms with Gasteiger partial charge < -0.3 is 5.32 Å². The van der Waals surface area contributed by atoms with Crippen LogP contribution in [0.25, 0.3) is 0 Å². The molecule has 2 nitrogen and oxygen atoms in total. The predicted molar refractivity (Wildman–Crippen MR) is 74.6 cm³/mol. The van der Waals surface area contributed by atoms with E-state index >= 15 is 0 Å². The number of nitrogens with one attached hydrogen (secondary N) is 1. The molecule has 0 amide bonds. The van der Waals surface area contributed by atoms with E-state index in [1.807, 2.05) is 13.0 Å². The van der Waals surface area contributed by atoms with Gasteiger partial charge in [0.2, 0.25) is 0 Å². The Balaban J connectivity index is 2.15. The molecule has 2 rings (SSSR count). The fourth-order valence-electron chi connectivity index (χ4n) is 1.73. The number of benzene rings is 2. The largest absolute Gasteiger partial charge is 0.379 e. The van der Waals surface area contributed by atoms with Crippen molar-refractivity contribution in [2.75, 3.05) is 5.32 Å². The molecule has 96 valence electrons. The van der Waals surface area contributed by atoms with Crippen molar-refractivity contribution in [1.29, 1.82) is 5.26 Å². The Morgan fingerprint density at radius 1 is 1.26 bits per heavy atom. The maximum absolute atomic E-state index is 13.6. The Morgan fingerprint density at radius 3 is 2.74 bits per heavy atom. The van der Waals surface area contributed by atoms with Crippen LogP contribution in [-0.2, 0) is 6.54 Å². The maximum Gasteiger partial charge on any atom is 0.146 e. The van der Waals surface area contributed by atoms with Crippen LogP contribution < -0.4 is 5.32 Å². The fraction of sp³-hybridized carbons (Fsp3) is 0.133. The number of nitriles is 1. The molecule has 0 aliphatic rings. The van der Waals surface area contributed by atoms with Gasteiger partial charge in [-0.25, -0.2) is 4.39 Å². The van der Waals surface area contributed by atoms with Crippen LogP contribution in [0, 0.1) is 24.1 Å². The topological polar surface area (TPSA) is 35.8 Å². The number of hydrogen-bond acceptors (Lipinski definition) is 2. The summed E-state index contributed by atoms with van der Waals surface area (Å²) in [5.41, 5.74) is 2.76. The molecule has 0 spiro atoms. The third-order valence-electron chi connectivity index (χ3n) is 2.77. The summed E-state index contributed by atoms with van der Waals surface area (Å²) < 4.78 is 13.6. The van der Waals surface area contributed by atoms with Gasteiger partial charge in [0.1, 0.15) is 5.82 Å². The second-order valence-electron chi connectivity index (χ2n) is 4.25. The SMILES string of the molecule is Cc1ccc(F)c(NCc2ccc(C#N)cc2Cl)c1. The molecule has 0 unspecified atom stereocenters. The zero-order chi connectivity index (χ0) is 13.8.